The van der Waals surface area contributed by atoms with Crippen LogP contribution in [0, 0.1) is 17.7 Å². The molecular formula is C26H30N6O3. The van der Waals surface area contributed by atoms with Crippen molar-refractivity contribution in [3.63, 3.8) is 0 Å². The van der Waals surface area contributed by atoms with Gasteiger partial charge in [-0.1, -0.05) is 18.2 Å². The highest BCUT2D eigenvalue weighted by atomic mass is 16.5. The van der Waals surface area contributed by atoms with E-state index in [1.54, 1.807) is 24.4 Å². The molecule has 0 saturated heterocycles. The van der Waals surface area contributed by atoms with Crippen LogP contribution in [0.3, 0.4) is 0 Å². The second-order valence-corrected chi connectivity index (χ2v) is 8.00. The zero-order chi connectivity index (χ0) is 25.4. The molecule has 182 valence electrons. The van der Waals surface area contributed by atoms with Gasteiger partial charge in [-0.3, -0.25) is 20.6 Å². The Hall–Kier alpha value is -4.40. The second-order valence-electron chi connectivity index (χ2n) is 8.00. The first kappa shape index (κ1) is 25.2. The topological polar surface area (TPSA) is 160 Å². The van der Waals surface area contributed by atoms with Crippen molar-refractivity contribution in [3.05, 3.63) is 88.2 Å². The zero-order valence-electron chi connectivity index (χ0n) is 19.9. The van der Waals surface area contributed by atoms with Gasteiger partial charge in [-0.25, -0.2) is 0 Å². The maximum Gasteiger partial charge on any atom is 0.305 e. The number of ether oxygens (including phenoxy) is 2. The van der Waals surface area contributed by atoms with E-state index in [1.807, 2.05) is 37.3 Å². The average molecular weight is 475 g/mol. The van der Waals surface area contributed by atoms with Crippen molar-refractivity contribution in [1.29, 1.82) is 10.8 Å². The molecule has 0 aliphatic rings. The Morgan fingerprint density at radius 2 is 1.77 bits per heavy atom. The first-order valence-electron chi connectivity index (χ1n) is 11.1. The molecule has 0 saturated carbocycles. The number of hydrogen-bond donors (Lipinski definition) is 5. The van der Waals surface area contributed by atoms with Crippen LogP contribution in [0.4, 0.5) is 5.69 Å². The summed E-state index contributed by atoms with van der Waals surface area (Å²) in [4.78, 5) is 16.4. The van der Waals surface area contributed by atoms with Gasteiger partial charge in [0.05, 0.1) is 12.8 Å². The number of methoxy groups -OCH3 is 1. The molecule has 3 aromatic rings. The van der Waals surface area contributed by atoms with Crippen LogP contribution >= 0.6 is 0 Å². The van der Waals surface area contributed by atoms with Crippen molar-refractivity contribution in [1.82, 2.24) is 4.98 Å². The van der Waals surface area contributed by atoms with Gasteiger partial charge in [0.15, 0.2) is 0 Å². The molecule has 3 rings (SSSR count). The molecule has 0 spiro atoms. The number of pyridine rings is 1. The number of aryl methyl sites for hydroxylation is 1. The highest BCUT2D eigenvalue weighted by Gasteiger charge is 2.16. The highest BCUT2D eigenvalue weighted by molar-refractivity contribution is 5.95. The summed E-state index contributed by atoms with van der Waals surface area (Å²) >= 11 is 0. The van der Waals surface area contributed by atoms with Crippen LogP contribution in [-0.4, -0.2) is 29.7 Å². The fourth-order valence-electron chi connectivity index (χ4n) is 3.57. The van der Waals surface area contributed by atoms with E-state index in [2.05, 4.69) is 10.3 Å². The number of hydrogen-bond acceptors (Lipinski definition) is 7. The highest BCUT2D eigenvalue weighted by Crippen LogP contribution is 2.29. The van der Waals surface area contributed by atoms with Gasteiger partial charge in [-0.15, -0.1) is 0 Å². The molecule has 9 heteroatoms. The van der Waals surface area contributed by atoms with E-state index in [0.717, 1.165) is 22.4 Å². The molecule has 9 nitrogen and oxygen atoms in total. The monoisotopic (exact) mass is 474 g/mol. The first-order chi connectivity index (χ1) is 16.8. The van der Waals surface area contributed by atoms with Gasteiger partial charge in [0.1, 0.15) is 24.0 Å². The molecule has 0 atom stereocenters. The van der Waals surface area contributed by atoms with Crippen molar-refractivity contribution in [2.45, 2.75) is 32.9 Å². The molecule has 0 amide bonds. The molecule has 7 N–H and O–H groups in total. The second kappa shape index (κ2) is 11.6. The van der Waals surface area contributed by atoms with E-state index in [4.69, 9.17) is 31.8 Å². The van der Waals surface area contributed by atoms with Crippen LogP contribution in [0.15, 0.2) is 54.7 Å². The summed E-state index contributed by atoms with van der Waals surface area (Å²) < 4.78 is 11.0. The third-order valence-corrected chi connectivity index (χ3v) is 5.51. The van der Waals surface area contributed by atoms with Crippen LogP contribution in [0.5, 0.6) is 5.75 Å². The standard InChI is InChI=1S/C26H30N6O3/c1-16-24(35-15-17-4-3-5-19(12-17)26(29)30)22(10-11-23(33)34-2)20(13-31-16)14-32-21-8-6-18(7-9-21)25(27)28/h3-9,12-13,32H,10-11,14-15H2,1-2H3,(H3,27,28)(H3,29,30). The molecule has 0 bridgehead atoms. The van der Waals surface area contributed by atoms with E-state index in [9.17, 15) is 4.79 Å². The lowest BCUT2D eigenvalue weighted by atomic mass is 10.0. The zero-order valence-corrected chi connectivity index (χ0v) is 19.9. The molecule has 0 fully saturated rings. The van der Waals surface area contributed by atoms with E-state index in [0.29, 0.717) is 35.5 Å². The van der Waals surface area contributed by atoms with Crippen LogP contribution in [-0.2, 0) is 29.1 Å². The third-order valence-electron chi connectivity index (χ3n) is 5.51. The van der Waals surface area contributed by atoms with Crippen LogP contribution in [0.1, 0.15) is 39.9 Å². The molecular weight excluding hydrogens is 444 g/mol. The van der Waals surface area contributed by atoms with Crippen molar-refractivity contribution in [3.8, 4) is 5.75 Å². The van der Waals surface area contributed by atoms with Gasteiger partial charge in [-0.05, 0) is 54.8 Å². The number of carbonyl (C=O) groups is 1. The average Bonchev–Trinajstić information content (AvgIpc) is 2.86. The van der Waals surface area contributed by atoms with Crippen LogP contribution < -0.4 is 21.5 Å². The Labute approximate surface area is 204 Å². The lowest BCUT2D eigenvalue weighted by Crippen LogP contribution is -2.13. The van der Waals surface area contributed by atoms with Gasteiger partial charge in [0, 0.05) is 41.5 Å². The van der Waals surface area contributed by atoms with Gasteiger partial charge >= 0.3 is 5.97 Å². The largest absolute Gasteiger partial charge is 0.487 e. The van der Waals surface area contributed by atoms with Crippen LogP contribution in [0.2, 0.25) is 0 Å². The molecule has 0 aliphatic carbocycles. The summed E-state index contributed by atoms with van der Waals surface area (Å²) in [6, 6.07) is 14.6. The van der Waals surface area contributed by atoms with Gasteiger partial charge in [0.2, 0.25) is 0 Å². The number of nitrogens with one attached hydrogen (secondary N) is 3. The smallest absolute Gasteiger partial charge is 0.305 e. The Bertz CT molecular complexity index is 1220. The molecule has 0 unspecified atom stereocenters. The van der Waals surface area contributed by atoms with Crippen molar-refractivity contribution >= 4 is 23.3 Å². The van der Waals surface area contributed by atoms with Gasteiger partial charge in [-0.2, -0.15) is 0 Å². The number of rotatable bonds is 11. The predicted octanol–water partition coefficient (Wildman–Crippen LogP) is 3.25. The van der Waals surface area contributed by atoms with Crippen LogP contribution in [0.25, 0.3) is 0 Å². The van der Waals surface area contributed by atoms with E-state index < -0.39 is 0 Å². The number of nitrogen functional groups attached to an aromatic ring is 2. The molecule has 1 heterocycles. The number of anilines is 1. The first-order valence-corrected chi connectivity index (χ1v) is 11.1. The minimum atomic E-state index is -0.307. The Balaban J connectivity index is 1.84. The normalized spacial score (nSPS) is 10.5. The van der Waals surface area contributed by atoms with E-state index >= 15 is 0 Å². The number of esters is 1. The summed E-state index contributed by atoms with van der Waals surface area (Å²) in [5, 5.41) is 18.5. The molecule has 0 radical (unpaired) electrons. The Kier molecular flexibility index (Phi) is 8.39. The summed E-state index contributed by atoms with van der Waals surface area (Å²) in [5.41, 5.74) is 16.6. The van der Waals surface area contributed by atoms with E-state index in [-0.39, 0.29) is 30.7 Å². The predicted molar refractivity (Wildman–Crippen MR) is 136 cm³/mol. The van der Waals surface area contributed by atoms with Crippen molar-refractivity contribution in [2.75, 3.05) is 12.4 Å². The van der Waals surface area contributed by atoms with Gasteiger partial charge < -0.3 is 26.3 Å². The molecule has 35 heavy (non-hydrogen) atoms. The molecule has 2 aromatic carbocycles. The Morgan fingerprint density at radius 1 is 1.06 bits per heavy atom. The summed E-state index contributed by atoms with van der Waals surface area (Å²) in [6.45, 7) is 2.58. The SMILES string of the molecule is COC(=O)CCc1c(CNc2ccc(C(=N)N)cc2)cnc(C)c1OCc1cccc(C(=N)N)c1. The van der Waals surface area contributed by atoms with Crippen molar-refractivity contribution < 1.29 is 14.3 Å². The third kappa shape index (κ3) is 6.80. The van der Waals surface area contributed by atoms with Gasteiger partial charge in [0.25, 0.3) is 0 Å². The summed E-state index contributed by atoms with van der Waals surface area (Å²) in [6.07, 6.45) is 2.41. The fourth-order valence-corrected chi connectivity index (χ4v) is 3.57. The molecule has 0 aliphatic heterocycles. The number of carbonyl (C=O) groups excluding carboxylic acids is 1. The minimum Gasteiger partial charge on any atom is -0.487 e. The van der Waals surface area contributed by atoms with Crippen molar-refractivity contribution in [2.24, 2.45) is 11.5 Å². The lowest BCUT2D eigenvalue weighted by Gasteiger charge is -2.18. The minimum absolute atomic E-state index is 0.00660. The number of nitrogens with two attached hydrogens (primary N) is 2. The number of aromatic nitrogens is 1. The lowest BCUT2D eigenvalue weighted by molar-refractivity contribution is -0.140. The summed E-state index contributed by atoms with van der Waals surface area (Å²) in [5.74, 6) is 0.319. The van der Waals surface area contributed by atoms with E-state index in [1.165, 1.54) is 7.11 Å². The fraction of sp³-hybridized carbons (Fsp3) is 0.231. The number of benzene rings is 2. The Morgan fingerprint density at radius 3 is 2.43 bits per heavy atom. The molecule has 1 aromatic heterocycles. The summed E-state index contributed by atoms with van der Waals surface area (Å²) in [7, 11) is 1.37. The number of amidine groups is 2. The quantitative estimate of drug-likeness (QED) is 0.162. The maximum absolute atomic E-state index is 11.9. The number of nitrogens with zero attached hydrogens (tertiary/aromatic N) is 1. The maximum atomic E-state index is 11.9.